The SMILES string of the molecule is Cc1cc(F)cc(C)c1S(=O)(=O)NC(C)C1CC1. The van der Waals surface area contributed by atoms with E-state index < -0.39 is 15.8 Å². The maximum absolute atomic E-state index is 13.2. The lowest BCUT2D eigenvalue weighted by atomic mass is 10.1. The van der Waals surface area contributed by atoms with Gasteiger partial charge in [-0.2, -0.15) is 0 Å². The van der Waals surface area contributed by atoms with Crippen LogP contribution in [0.25, 0.3) is 0 Å². The fourth-order valence-electron chi connectivity index (χ4n) is 2.32. The summed E-state index contributed by atoms with van der Waals surface area (Å²) in [6, 6.07) is 2.45. The lowest BCUT2D eigenvalue weighted by Gasteiger charge is -2.16. The molecule has 1 aromatic rings. The van der Waals surface area contributed by atoms with Crippen molar-refractivity contribution in [3.63, 3.8) is 0 Å². The minimum Gasteiger partial charge on any atom is -0.208 e. The highest BCUT2D eigenvalue weighted by atomic mass is 32.2. The third-order valence-electron chi connectivity index (χ3n) is 3.36. The number of hydrogen-bond donors (Lipinski definition) is 1. The van der Waals surface area contributed by atoms with Gasteiger partial charge in [0.05, 0.1) is 4.90 Å². The molecular formula is C13H18FNO2S. The Balaban J connectivity index is 2.34. The van der Waals surface area contributed by atoms with Crippen molar-refractivity contribution in [3.05, 3.63) is 29.1 Å². The molecule has 0 amide bonds. The molecule has 2 rings (SSSR count). The number of nitrogens with one attached hydrogen (secondary N) is 1. The molecule has 18 heavy (non-hydrogen) atoms. The predicted molar refractivity (Wildman–Crippen MR) is 68.4 cm³/mol. The molecule has 0 spiro atoms. The molecule has 0 bridgehead atoms. The van der Waals surface area contributed by atoms with Crippen LogP contribution in [0.15, 0.2) is 17.0 Å². The van der Waals surface area contributed by atoms with Crippen molar-refractivity contribution >= 4 is 10.0 Å². The van der Waals surface area contributed by atoms with Gasteiger partial charge >= 0.3 is 0 Å². The molecule has 5 heteroatoms. The molecule has 0 aliphatic heterocycles. The third kappa shape index (κ3) is 2.72. The van der Waals surface area contributed by atoms with E-state index in [1.165, 1.54) is 12.1 Å². The van der Waals surface area contributed by atoms with Crippen LogP contribution in [0.2, 0.25) is 0 Å². The fourth-order valence-corrected chi connectivity index (χ4v) is 4.08. The van der Waals surface area contributed by atoms with Gasteiger partial charge in [0, 0.05) is 6.04 Å². The van der Waals surface area contributed by atoms with Crippen LogP contribution in [0.4, 0.5) is 4.39 Å². The lowest BCUT2D eigenvalue weighted by molar-refractivity contribution is 0.536. The zero-order valence-electron chi connectivity index (χ0n) is 10.8. The summed E-state index contributed by atoms with van der Waals surface area (Å²) in [5, 5.41) is 0. The Morgan fingerprint density at radius 1 is 1.28 bits per heavy atom. The normalized spacial score (nSPS) is 17.8. The van der Waals surface area contributed by atoms with Crippen LogP contribution in [0.5, 0.6) is 0 Å². The summed E-state index contributed by atoms with van der Waals surface area (Å²) in [6.45, 7) is 5.11. The number of benzene rings is 1. The molecule has 1 N–H and O–H groups in total. The highest BCUT2D eigenvalue weighted by Gasteiger charge is 2.32. The minimum atomic E-state index is -3.56. The number of rotatable bonds is 4. The van der Waals surface area contributed by atoms with Gasteiger partial charge in [-0.3, -0.25) is 0 Å². The Bertz CT molecular complexity index is 541. The van der Waals surface area contributed by atoms with E-state index in [9.17, 15) is 12.8 Å². The maximum Gasteiger partial charge on any atom is 0.241 e. The number of aryl methyl sites for hydroxylation is 2. The van der Waals surface area contributed by atoms with E-state index in [0.717, 1.165) is 12.8 Å². The van der Waals surface area contributed by atoms with Crippen molar-refractivity contribution in [3.8, 4) is 0 Å². The molecule has 1 unspecified atom stereocenters. The van der Waals surface area contributed by atoms with E-state index in [1.54, 1.807) is 13.8 Å². The van der Waals surface area contributed by atoms with Crippen LogP contribution < -0.4 is 4.72 Å². The molecule has 1 aliphatic rings. The summed E-state index contributed by atoms with van der Waals surface area (Å²) >= 11 is 0. The van der Waals surface area contributed by atoms with Gasteiger partial charge in [0.15, 0.2) is 0 Å². The minimum absolute atomic E-state index is 0.0566. The second-order valence-electron chi connectivity index (χ2n) is 5.12. The van der Waals surface area contributed by atoms with Crippen LogP contribution in [-0.4, -0.2) is 14.5 Å². The van der Waals surface area contributed by atoms with Crippen LogP contribution in [0, 0.1) is 25.6 Å². The van der Waals surface area contributed by atoms with Crippen molar-refractivity contribution in [1.29, 1.82) is 0 Å². The second-order valence-corrected chi connectivity index (χ2v) is 6.77. The molecule has 0 aromatic heterocycles. The zero-order chi connectivity index (χ0) is 13.5. The number of sulfonamides is 1. The van der Waals surface area contributed by atoms with Gasteiger partial charge in [-0.15, -0.1) is 0 Å². The Kier molecular flexibility index (Phi) is 3.47. The first-order valence-corrected chi connectivity index (χ1v) is 7.58. The number of hydrogen-bond acceptors (Lipinski definition) is 2. The van der Waals surface area contributed by atoms with Crippen molar-refractivity contribution in [2.75, 3.05) is 0 Å². The summed E-state index contributed by atoms with van der Waals surface area (Å²) in [7, 11) is -3.56. The summed E-state index contributed by atoms with van der Waals surface area (Å²) in [6.07, 6.45) is 2.15. The molecule has 1 saturated carbocycles. The molecule has 0 radical (unpaired) electrons. The molecule has 0 heterocycles. The standard InChI is InChI=1S/C13H18FNO2S/c1-8-6-12(14)7-9(2)13(8)18(16,17)15-10(3)11-4-5-11/h6-7,10-11,15H,4-5H2,1-3H3. The fraction of sp³-hybridized carbons (Fsp3) is 0.538. The van der Waals surface area contributed by atoms with Gasteiger partial charge in [-0.25, -0.2) is 17.5 Å². The average molecular weight is 271 g/mol. The van der Waals surface area contributed by atoms with Gasteiger partial charge in [-0.05, 0) is 62.8 Å². The van der Waals surface area contributed by atoms with Crippen molar-refractivity contribution < 1.29 is 12.8 Å². The van der Waals surface area contributed by atoms with Crippen LogP contribution in [-0.2, 0) is 10.0 Å². The van der Waals surface area contributed by atoms with Gasteiger partial charge in [0.1, 0.15) is 5.82 Å². The Morgan fingerprint density at radius 2 is 1.78 bits per heavy atom. The van der Waals surface area contributed by atoms with Crippen molar-refractivity contribution in [1.82, 2.24) is 4.72 Å². The molecule has 1 atom stereocenters. The first kappa shape index (κ1) is 13.5. The van der Waals surface area contributed by atoms with E-state index in [2.05, 4.69) is 4.72 Å². The summed E-state index contributed by atoms with van der Waals surface area (Å²) in [4.78, 5) is 0.205. The molecular weight excluding hydrogens is 253 g/mol. The van der Waals surface area contributed by atoms with Gasteiger partial charge in [0.2, 0.25) is 10.0 Å². The molecule has 0 saturated heterocycles. The quantitative estimate of drug-likeness (QED) is 0.914. The zero-order valence-corrected chi connectivity index (χ0v) is 11.6. The predicted octanol–water partition coefficient (Wildman–Crippen LogP) is 2.52. The monoisotopic (exact) mass is 271 g/mol. The highest BCUT2D eigenvalue weighted by molar-refractivity contribution is 7.89. The molecule has 1 aliphatic carbocycles. The molecule has 1 aromatic carbocycles. The Labute approximate surface area is 107 Å². The maximum atomic E-state index is 13.2. The van der Waals surface area contributed by atoms with Crippen molar-refractivity contribution in [2.24, 2.45) is 5.92 Å². The molecule has 100 valence electrons. The third-order valence-corrected chi connectivity index (χ3v) is 5.23. The topological polar surface area (TPSA) is 46.2 Å². The van der Waals surface area contributed by atoms with Gasteiger partial charge < -0.3 is 0 Å². The largest absolute Gasteiger partial charge is 0.241 e. The smallest absolute Gasteiger partial charge is 0.208 e. The van der Waals surface area contributed by atoms with E-state index in [-0.39, 0.29) is 10.9 Å². The van der Waals surface area contributed by atoms with E-state index in [0.29, 0.717) is 17.0 Å². The highest BCUT2D eigenvalue weighted by Crippen LogP contribution is 2.33. The van der Waals surface area contributed by atoms with Crippen LogP contribution >= 0.6 is 0 Å². The summed E-state index contributed by atoms with van der Waals surface area (Å²) < 4.78 is 40.5. The lowest BCUT2D eigenvalue weighted by Crippen LogP contribution is -2.34. The van der Waals surface area contributed by atoms with Crippen LogP contribution in [0.3, 0.4) is 0 Å². The summed E-state index contributed by atoms with van der Waals surface area (Å²) in [5.41, 5.74) is 0.894. The van der Waals surface area contributed by atoms with Gasteiger partial charge in [-0.1, -0.05) is 0 Å². The van der Waals surface area contributed by atoms with Crippen LogP contribution in [0.1, 0.15) is 30.9 Å². The van der Waals surface area contributed by atoms with E-state index in [4.69, 9.17) is 0 Å². The molecule has 1 fully saturated rings. The van der Waals surface area contributed by atoms with Gasteiger partial charge in [0.25, 0.3) is 0 Å². The first-order valence-electron chi connectivity index (χ1n) is 6.10. The molecule has 3 nitrogen and oxygen atoms in total. The summed E-state index contributed by atoms with van der Waals surface area (Å²) in [5.74, 6) is 0.0417. The first-order chi connectivity index (χ1) is 8.31. The second kappa shape index (κ2) is 4.63. The Morgan fingerprint density at radius 3 is 2.22 bits per heavy atom. The Hall–Kier alpha value is -0.940. The number of halogens is 1. The van der Waals surface area contributed by atoms with E-state index in [1.807, 2.05) is 6.92 Å². The van der Waals surface area contributed by atoms with Crippen molar-refractivity contribution in [2.45, 2.75) is 44.6 Å². The average Bonchev–Trinajstić information content (AvgIpc) is 2.95. The van der Waals surface area contributed by atoms with E-state index >= 15 is 0 Å².